The summed E-state index contributed by atoms with van der Waals surface area (Å²) in [4.78, 5) is 8.61. The number of pyridine rings is 1. The first-order valence-electron chi connectivity index (χ1n) is 9.37. The molecule has 27 heavy (non-hydrogen) atoms. The lowest BCUT2D eigenvalue weighted by Crippen LogP contribution is -2.38. The number of hydrogen-bond acceptors (Lipinski definition) is 4. The second-order valence-electron chi connectivity index (χ2n) is 6.08. The molecule has 6 nitrogen and oxygen atoms in total. The van der Waals surface area contributed by atoms with Gasteiger partial charge in [-0.05, 0) is 37.6 Å². The van der Waals surface area contributed by atoms with Gasteiger partial charge < -0.3 is 20.1 Å². The van der Waals surface area contributed by atoms with Crippen LogP contribution < -0.4 is 15.4 Å². The topological polar surface area (TPSA) is 67.8 Å². The maximum absolute atomic E-state index is 5.89. The monoisotopic (exact) mass is 370 g/mol. The van der Waals surface area contributed by atoms with Gasteiger partial charge in [0.15, 0.2) is 5.96 Å². The molecular formula is C21H30N4O2. The summed E-state index contributed by atoms with van der Waals surface area (Å²) < 4.78 is 11.2. The van der Waals surface area contributed by atoms with E-state index in [9.17, 15) is 0 Å². The Bertz CT molecular complexity index is 705. The van der Waals surface area contributed by atoms with Crippen molar-refractivity contribution in [1.82, 2.24) is 15.6 Å². The van der Waals surface area contributed by atoms with Crippen molar-refractivity contribution >= 4 is 5.96 Å². The van der Waals surface area contributed by atoms with Gasteiger partial charge >= 0.3 is 0 Å². The van der Waals surface area contributed by atoms with E-state index < -0.39 is 0 Å². The van der Waals surface area contributed by atoms with Crippen LogP contribution in [-0.2, 0) is 17.7 Å². The number of guanidine groups is 1. The molecule has 0 atom stereocenters. The van der Waals surface area contributed by atoms with Crippen molar-refractivity contribution in [2.24, 2.45) is 4.99 Å². The van der Waals surface area contributed by atoms with E-state index in [0.29, 0.717) is 26.4 Å². The normalized spacial score (nSPS) is 11.3. The molecule has 1 aromatic carbocycles. The summed E-state index contributed by atoms with van der Waals surface area (Å²) in [6.07, 6.45) is 2.66. The predicted octanol–water partition coefficient (Wildman–Crippen LogP) is 2.71. The second kappa shape index (κ2) is 11.9. The molecule has 1 heterocycles. The number of hydrogen-bond donors (Lipinski definition) is 2. The van der Waals surface area contributed by atoms with E-state index in [2.05, 4.69) is 45.7 Å². The highest BCUT2D eigenvalue weighted by Crippen LogP contribution is 2.20. The summed E-state index contributed by atoms with van der Waals surface area (Å²) in [7, 11) is 1.77. The van der Waals surface area contributed by atoms with E-state index in [1.54, 1.807) is 7.05 Å². The Kier molecular flexibility index (Phi) is 9.13. The van der Waals surface area contributed by atoms with Gasteiger partial charge in [0.05, 0.1) is 6.61 Å². The highest BCUT2D eigenvalue weighted by molar-refractivity contribution is 5.79. The van der Waals surface area contributed by atoms with E-state index >= 15 is 0 Å². The zero-order chi connectivity index (χ0) is 19.3. The van der Waals surface area contributed by atoms with Gasteiger partial charge in [0.2, 0.25) is 0 Å². The third-order valence-electron chi connectivity index (χ3n) is 3.98. The Balaban J connectivity index is 1.84. The number of aromatic nitrogens is 1. The number of nitrogens with one attached hydrogen (secondary N) is 2. The molecule has 0 saturated carbocycles. The lowest BCUT2D eigenvalue weighted by atomic mass is 10.1. The number of aryl methyl sites for hydroxylation is 1. The van der Waals surface area contributed by atoms with E-state index in [1.807, 2.05) is 31.3 Å². The summed E-state index contributed by atoms with van der Waals surface area (Å²) in [5, 5.41) is 6.66. The third-order valence-corrected chi connectivity index (χ3v) is 3.98. The number of nitrogens with zero attached hydrogens (tertiary/aromatic N) is 2. The summed E-state index contributed by atoms with van der Waals surface area (Å²) in [6, 6.07) is 12.2. The fourth-order valence-corrected chi connectivity index (χ4v) is 2.55. The van der Waals surface area contributed by atoms with Gasteiger partial charge in [0.1, 0.15) is 12.4 Å². The molecule has 0 aliphatic heterocycles. The standard InChI is InChI=1S/C21H30N4O2/c1-4-26-13-14-27-20-15-17(2)8-9-18(20)16-25-21(22-3)24-12-10-19-7-5-6-11-23-19/h5-9,11,15H,4,10,12-14,16H2,1-3H3,(H2,22,24,25). The molecule has 0 aliphatic carbocycles. The van der Waals surface area contributed by atoms with Gasteiger partial charge in [0, 0.05) is 50.6 Å². The Morgan fingerprint density at radius 2 is 2.04 bits per heavy atom. The van der Waals surface area contributed by atoms with Crippen LogP contribution in [0.3, 0.4) is 0 Å². The first-order chi connectivity index (χ1) is 13.2. The number of ether oxygens (including phenoxy) is 2. The minimum Gasteiger partial charge on any atom is -0.491 e. The van der Waals surface area contributed by atoms with Crippen LogP contribution in [-0.4, -0.2) is 44.4 Å². The lowest BCUT2D eigenvalue weighted by Gasteiger charge is -2.15. The van der Waals surface area contributed by atoms with E-state index in [1.165, 1.54) is 5.56 Å². The lowest BCUT2D eigenvalue weighted by molar-refractivity contribution is 0.110. The SMILES string of the molecule is CCOCCOc1cc(C)ccc1CNC(=NC)NCCc1ccccn1. The van der Waals surface area contributed by atoms with Crippen molar-refractivity contribution in [2.75, 3.05) is 33.4 Å². The first kappa shape index (κ1) is 20.7. The average molecular weight is 370 g/mol. The summed E-state index contributed by atoms with van der Waals surface area (Å²) >= 11 is 0. The Morgan fingerprint density at radius 1 is 1.15 bits per heavy atom. The van der Waals surface area contributed by atoms with E-state index in [-0.39, 0.29) is 0 Å². The fourth-order valence-electron chi connectivity index (χ4n) is 2.55. The molecule has 146 valence electrons. The number of aliphatic imine (C=N–C) groups is 1. The molecule has 2 aromatic rings. The fraction of sp³-hybridized carbons (Fsp3) is 0.429. The number of rotatable bonds is 10. The molecule has 0 unspecified atom stereocenters. The van der Waals surface area contributed by atoms with Crippen molar-refractivity contribution in [3.05, 3.63) is 59.4 Å². The van der Waals surface area contributed by atoms with Crippen LogP contribution in [0.2, 0.25) is 0 Å². The molecule has 0 amide bonds. The third kappa shape index (κ3) is 7.66. The van der Waals surface area contributed by atoms with Crippen LogP contribution >= 0.6 is 0 Å². The smallest absolute Gasteiger partial charge is 0.191 e. The average Bonchev–Trinajstić information content (AvgIpc) is 2.69. The molecule has 0 spiro atoms. The van der Waals surface area contributed by atoms with Crippen LogP contribution in [0.5, 0.6) is 5.75 Å². The zero-order valence-electron chi connectivity index (χ0n) is 16.5. The van der Waals surface area contributed by atoms with Crippen LogP contribution in [0.4, 0.5) is 0 Å². The highest BCUT2D eigenvalue weighted by Gasteiger charge is 2.06. The molecule has 6 heteroatoms. The van der Waals surface area contributed by atoms with Crippen molar-refractivity contribution in [1.29, 1.82) is 0 Å². The minimum atomic E-state index is 0.543. The van der Waals surface area contributed by atoms with Gasteiger partial charge in [-0.2, -0.15) is 0 Å². The molecule has 1 aromatic heterocycles. The van der Waals surface area contributed by atoms with Crippen molar-refractivity contribution in [2.45, 2.75) is 26.8 Å². The molecular weight excluding hydrogens is 340 g/mol. The van der Waals surface area contributed by atoms with Crippen LogP contribution in [0.15, 0.2) is 47.6 Å². The van der Waals surface area contributed by atoms with Gasteiger partial charge in [-0.1, -0.05) is 18.2 Å². The van der Waals surface area contributed by atoms with Crippen LogP contribution in [0, 0.1) is 6.92 Å². The quantitative estimate of drug-likeness (QED) is 0.382. The van der Waals surface area contributed by atoms with E-state index in [4.69, 9.17) is 9.47 Å². The summed E-state index contributed by atoms with van der Waals surface area (Å²) in [5.74, 6) is 1.64. The predicted molar refractivity (Wildman–Crippen MR) is 109 cm³/mol. The van der Waals surface area contributed by atoms with Crippen molar-refractivity contribution in [3.8, 4) is 5.75 Å². The molecule has 0 aliphatic rings. The highest BCUT2D eigenvalue weighted by atomic mass is 16.5. The Hall–Kier alpha value is -2.60. The maximum atomic E-state index is 5.89. The van der Waals surface area contributed by atoms with Crippen molar-refractivity contribution < 1.29 is 9.47 Å². The second-order valence-corrected chi connectivity index (χ2v) is 6.08. The van der Waals surface area contributed by atoms with Crippen molar-refractivity contribution in [3.63, 3.8) is 0 Å². The molecule has 0 radical (unpaired) electrons. The summed E-state index contributed by atoms with van der Waals surface area (Å²) in [6.45, 7) is 7.27. The summed E-state index contributed by atoms with van der Waals surface area (Å²) in [5.41, 5.74) is 3.32. The first-order valence-corrected chi connectivity index (χ1v) is 9.37. The molecule has 0 bridgehead atoms. The molecule has 0 saturated heterocycles. The molecule has 2 rings (SSSR count). The maximum Gasteiger partial charge on any atom is 0.191 e. The Morgan fingerprint density at radius 3 is 2.78 bits per heavy atom. The zero-order valence-corrected chi connectivity index (χ0v) is 16.5. The van der Waals surface area contributed by atoms with Crippen LogP contribution in [0.1, 0.15) is 23.7 Å². The van der Waals surface area contributed by atoms with Gasteiger partial charge in [0.25, 0.3) is 0 Å². The largest absolute Gasteiger partial charge is 0.491 e. The molecule has 0 fully saturated rings. The Labute approximate surface area is 162 Å². The number of benzene rings is 1. The van der Waals surface area contributed by atoms with E-state index in [0.717, 1.165) is 35.9 Å². The van der Waals surface area contributed by atoms with Gasteiger partial charge in [-0.3, -0.25) is 9.98 Å². The van der Waals surface area contributed by atoms with Crippen LogP contribution in [0.25, 0.3) is 0 Å². The van der Waals surface area contributed by atoms with Gasteiger partial charge in [-0.15, -0.1) is 0 Å². The van der Waals surface area contributed by atoms with Gasteiger partial charge in [-0.25, -0.2) is 0 Å². The molecule has 2 N–H and O–H groups in total. The minimum absolute atomic E-state index is 0.543.